The van der Waals surface area contributed by atoms with Gasteiger partial charge in [0, 0.05) is 6.04 Å². The predicted molar refractivity (Wildman–Crippen MR) is 61.7 cm³/mol. The Labute approximate surface area is 93.9 Å². The van der Waals surface area contributed by atoms with E-state index in [1.165, 1.54) is 5.56 Å². The van der Waals surface area contributed by atoms with Crippen molar-refractivity contribution in [2.24, 2.45) is 5.73 Å². The van der Waals surface area contributed by atoms with Gasteiger partial charge in [0.2, 0.25) is 0 Å². The molecule has 0 amide bonds. The number of benzene rings is 1. The van der Waals surface area contributed by atoms with Crippen LogP contribution in [-0.2, 0) is 6.42 Å². The third-order valence-electron chi connectivity index (χ3n) is 2.28. The summed E-state index contributed by atoms with van der Waals surface area (Å²) in [6.07, 6.45) is 0.845. The van der Waals surface area contributed by atoms with Crippen LogP contribution in [0.25, 0.3) is 0 Å². The van der Waals surface area contributed by atoms with E-state index < -0.39 is 0 Å². The lowest BCUT2D eigenvalue weighted by molar-refractivity contribution is 0.378. The van der Waals surface area contributed by atoms with Gasteiger partial charge in [-0.3, -0.25) is 0 Å². The number of thioether (sulfide) groups is 1. The van der Waals surface area contributed by atoms with Gasteiger partial charge in [0.15, 0.2) is 0 Å². The molecule has 82 valence electrons. The summed E-state index contributed by atoms with van der Waals surface area (Å²) in [7, 11) is 1.68. The summed E-state index contributed by atoms with van der Waals surface area (Å²) in [5, 5.41) is 0. The zero-order chi connectivity index (χ0) is 10.8. The van der Waals surface area contributed by atoms with Crippen molar-refractivity contribution >= 4 is 11.8 Å². The van der Waals surface area contributed by atoms with Crippen molar-refractivity contribution in [2.75, 3.05) is 13.0 Å². The molecular weight excluding hydrogens is 210 g/mol. The van der Waals surface area contributed by atoms with Crippen molar-refractivity contribution < 1.29 is 9.47 Å². The van der Waals surface area contributed by atoms with Crippen molar-refractivity contribution in [1.29, 1.82) is 0 Å². The lowest BCUT2D eigenvalue weighted by Gasteiger charge is -2.10. The van der Waals surface area contributed by atoms with E-state index in [1.807, 2.05) is 13.0 Å². The zero-order valence-corrected chi connectivity index (χ0v) is 9.76. The van der Waals surface area contributed by atoms with Crippen LogP contribution in [-0.4, -0.2) is 19.1 Å². The van der Waals surface area contributed by atoms with Gasteiger partial charge in [-0.2, -0.15) is 0 Å². The van der Waals surface area contributed by atoms with E-state index in [4.69, 9.17) is 15.2 Å². The summed E-state index contributed by atoms with van der Waals surface area (Å²) in [5.41, 5.74) is 6.94. The van der Waals surface area contributed by atoms with E-state index in [0.717, 1.165) is 22.8 Å². The first-order chi connectivity index (χ1) is 7.20. The molecule has 0 spiro atoms. The van der Waals surface area contributed by atoms with Gasteiger partial charge in [0.25, 0.3) is 0 Å². The highest BCUT2D eigenvalue weighted by molar-refractivity contribution is 7.99. The fourth-order valence-corrected chi connectivity index (χ4v) is 2.52. The molecule has 0 aliphatic carbocycles. The molecule has 1 atom stereocenters. The first kappa shape index (κ1) is 10.6. The highest BCUT2D eigenvalue weighted by atomic mass is 32.2. The third-order valence-corrected chi connectivity index (χ3v) is 3.20. The molecular formula is C11H15NO2S. The monoisotopic (exact) mass is 225 g/mol. The smallest absolute Gasteiger partial charge is 0.138 e. The molecule has 1 aliphatic heterocycles. The molecule has 2 rings (SSSR count). The van der Waals surface area contributed by atoms with E-state index in [9.17, 15) is 0 Å². The van der Waals surface area contributed by atoms with Crippen molar-refractivity contribution in [3.8, 4) is 11.5 Å². The Balaban J connectivity index is 2.34. The molecule has 0 saturated heterocycles. The van der Waals surface area contributed by atoms with Gasteiger partial charge in [-0.25, -0.2) is 0 Å². The lowest BCUT2D eigenvalue weighted by Crippen LogP contribution is -2.17. The van der Waals surface area contributed by atoms with Crippen LogP contribution in [0.2, 0.25) is 0 Å². The largest absolute Gasteiger partial charge is 0.495 e. The van der Waals surface area contributed by atoms with Crippen molar-refractivity contribution in [3.05, 3.63) is 17.7 Å². The van der Waals surface area contributed by atoms with E-state index in [2.05, 4.69) is 6.07 Å². The summed E-state index contributed by atoms with van der Waals surface area (Å²) in [5.74, 6) is 2.49. The minimum absolute atomic E-state index is 0.154. The Morgan fingerprint density at radius 1 is 1.60 bits per heavy atom. The van der Waals surface area contributed by atoms with Crippen LogP contribution in [0, 0.1) is 0 Å². The van der Waals surface area contributed by atoms with Crippen LogP contribution >= 0.6 is 11.8 Å². The predicted octanol–water partition coefficient (Wildman–Crippen LogP) is 2.03. The van der Waals surface area contributed by atoms with Gasteiger partial charge in [-0.1, -0.05) is 11.8 Å². The number of methoxy groups -OCH3 is 1. The molecule has 2 N–H and O–H groups in total. The number of hydrogen-bond acceptors (Lipinski definition) is 4. The SMILES string of the molecule is COc1cc(CC(C)N)cc2c1SCO2. The second-order valence-corrected chi connectivity index (χ2v) is 4.65. The Bertz CT molecular complexity index is 366. The van der Waals surface area contributed by atoms with Crippen LogP contribution in [0.15, 0.2) is 17.0 Å². The fourth-order valence-electron chi connectivity index (χ4n) is 1.67. The topological polar surface area (TPSA) is 44.5 Å². The highest BCUT2D eigenvalue weighted by Crippen LogP contribution is 2.43. The molecule has 0 radical (unpaired) electrons. The van der Waals surface area contributed by atoms with Crippen LogP contribution in [0.4, 0.5) is 0 Å². The normalized spacial score (nSPS) is 15.7. The third kappa shape index (κ3) is 2.21. The zero-order valence-electron chi connectivity index (χ0n) is 8.95. The molecule has 1 heterocycles. The standard InChI is InChI=1S/C11H15NO2S/c1-7(12)3-8-4-9(13-2)11-10(5-8)14-6-15-11/h4-5,7H,3,6,12H2,1-2H3. The maximum Gasteiger partial charge on any atom is 0.138 e. The van der Waals surface area contributed by atoms with E-state index in [0.29, 0.717) is 5.94 Å². The fraction of sp³-hybridized carbons (Fsp3) is 0.455. The number of nitrogens with two attached hydrogens (primary N) is 1. The van der Waals surface area contributed by atoms with Gasteiger partial charge < -0.3 is 15.2 Å². The quantitative estimate of drug-likeness (QED) is 0.855. The lowest BCUT2D eigenvalue weighted by atomic mass is 10.1. The van der Waals surface area contributed by atoms with Crippen LogP contribution < -0.4 is 15.2 Å². The molecule has 0 aromatic heterocycles. The molecule has 3 nitrogen and oxygen atoms in total. The molecule has 0 saturated carbocycles. The highest BCUT2D eigenvalue weighted by Gasteiger charge is 2.19. The summed E-state index contributed by atoms with van der Waals surface area (Å²) in [6.45, 7) is 2.00. The van der Waals surface area contributed by atoms with Crippen LogP contribution in [0.5, 0.6) is 11.5 Å². The Morgan fingerprint density at radius 2 is 2.40 bits per heavy atom. The van der Waals surface area contributed by atoms with Crippen molar-refractivity contribution in [1.82, 2.24) is 0 Å². The van der Waals surface area contributed by atoms with E-state index >= 15 is 0 Å². The summed E-state index contributed by atoms with van der Waals surface area (Å²) in [6, 6.07) is 4.26. The number of rotatable bonds is 3. The van der Waals surface area contributed by atoms with Crippen LogP contribution in [0.1, 0.15) is 12.5 Å². The molecule has 0 fully saturated rings. The van der Waals surface area contributed by atoms with Gasteiger partial charge in [-0.05, 0) is 31.0 Å². The first-order valence-corrected chi connectivity index (χ1v) is 5.91. The summed E-state index contributed by atoms with van der Waals surface area (Å²) in [4.78, 5) is 1.10. The molecule has 1 aliphatic rings. The average Bonchev–Trinajstić information content (AvgIpc) is 2.63. The second kappa shape index (κ2) is 4.33. The number of fused-ring (bicyclic) bond motifs is 1. The maximum atomic E-state index is 5.77. The van der Waals surface area contributed by atoms with Crippen LogP contribution in [0.3, 0.4) is 0 Å². The minimum atomic E-state index is 0.154. The molecule has 1 unspecified atom stereocenters. The average molecular weight is 225 g/mol. The first-order valence-electron chi connectivity index (χ1n) is 4.93. The number of ether oxygens (including phenoxy) is 2. The van der Waals surface area contributed by atoms with E-state index in [-0.39, 0.29) is 6.04 Å². The van der Waals surface area contributed by atoms with Crippen molar-refractivity contribution in [3.63, 3.8) is 0 Å². The van der Waals surface area contributed by atoms with Gasteiger partial charge in [0.1, 0.15) is 17.4 Å². The Hall–Kier alpha value is -0.870. The van der Waals surface area contributed by atoms with Crippen molar-refractivity contribution in [2.45, 2.75) is 24.3 Å². The van der Waals surface area contributed by atoms with Gasteiger partial charge in [0.05, 0.1) is 12.0 Å². The minimum Gasteiger partial charge on any atom is -0.495 e. The number of hydrogen-bond donors (Lipinski definition) is 1. The molecule has 15 heavy (non-hydrogen) atoms. The van der Waals surface area contributed by atoms with Gasteiger partial charge in [-0.15, -0.1) is 0 Å². The second-order valence-electron chi connectivity index (χ2n) is 3.71. The molecule has 4 heteroatoms. The summed E-state index contributed by atoms with van der Waals surface area (Å²) >= 11 is 1.67. The summed E-state index contributed by atoms with van der Waals surface area (Å²) < 4.78 is 10.8. The molecule has 1 aromatic rings. The van der Waals surface area contributed by atoms with Gasteiger partial charge >= 0.3 is 0 Å². The molecule has 1 aromatic carbocycles. The Kier molecular flexibility index (Phi) is 3.07. The maximum absolute atomic E-state index is 5.77. The Morgan fingerprint density at radius 3 is 3.07 bits per heavy atom. The van der Waals surface area contributed by atoms with E-state index in [1.54, 1.807) is 18.9 Å². The molecule has 0 bridgehead atoms.